The Hall–Kier alpha value is -3.95. The molecule has 0 bridgehead atoms. The third-order valence-electron chi connectivity index (χ3n) is 6.97. The minimum absolute atomic E-state index is 0.170. The molecule has 1 aliphatic heterocycles. The highest BCUT2D eigenvalue weighted by molar-refractivity contribution is 6.12. The summed E-state index contributed by atoms with van der Waals surface area (Å²) < 4.78 is 40.9. The molecule has 2 aliphatic rings. The summed E-state index contributed by atoms with van der Waals surface area (Å²) in [5.41, 5.74) is 7.52. The Balaban J connectivity index is 1.57. The Labute approximate surface area is 211 Å². The largest absolute Gasteiger partial charge is 0.433 e. The Morgan fingerprint density at radius 3 is 2.57 bits per heavy atom. The second kappa shape index (κ2) is 9.49. The van der Waals surface area contributed by atoms with Gasteiger partial charge in [-0.1, -0.05) is 31.0 Å². The molecule has 2 heterocycles. The van der Waals surface area contributed by atoms with E-state index in [1.54, 1.807) is 49.4 Å². The highest BCUT2D eigenvalue weighted by atomic mass is 19.4. The predicted molar refractivity (Wildman–Crippen MR) is 136 cm³/mol. The lowest BCUT2D eigenvalue weighted by Gasteiger charge is -2.35. The van der Waals surface area contributed by atoms with Crippen LogP contribution >= 0.6 is 0 Å². The van der Waals surface area contributed by atoms with E-state index in [0.29, 0.717) is 46.4 Å². The quantitative estimate of drug-likeness (QED) is 0.467. The number of carbonyl (C=O) groups is 2. The standard InChI is InChI=1S/C27H26F3N5O2/c1-15-12-25(36)35(34-15)16-10-11-18(26(31)37)20(13-16)17-6-2-4-8-21(17)32-23-14-24(27(28,29)30)33-22-9-5-3-7-19(22)23/h3,5,7,9-11,13-14,17,21H,2,4,6,8,12H2,1H3,(H2,31,37)(H,32,33)/t17?,21-/m0/s1. The molecule has 37 heavy (non-hydrogen) atoms. The van der Waals surface area contributed by atoms with Crippen LogP contribution in [0.2, 0.25) is 0 Å². The molecule has 0 radical (unpaired) electrons. The van der Waals surface area contributed by atoms with Crippen molar-refractivity contribution in [3.05, 3.63) is 65.4 Å². The van der Waals surface area contributed by atoms with Crippen molar-refractivity contribution in [1.29, 1.82) is 0 Å². The molecule has 10 heteroatoms. The van der Waals surface area contributed by atoms with Crippen molar-refractivity contribution < 1.29 is 22.8 Å². The van der Waals surface area contributed by atoms with E-state index in [-0.39, 0.29) is 29.8 Å². The molecule has 2 amide bonds. The number of rotatable bonds is 5. The zero-order valence-corrected chi connectivity index (χ0v) is 20.2. The van der Waals surface area contributed by atoms with E-state index in [1.165, 1.54) is 5.01 Å². The Morgan fingerprint density at radius 1 is 1.11 bits per heavy atom. The molecule has 1 saturated carbocycles. The number of nitrogens with one attached hydrogen (secondary N) is 1. The number of carbonyl (C=O) groups excluding carboxylic acids is 2. The normalized spacial score (nSPS) is 20.3. The third-order valence-corrected chi connectivity index (χ3v) is 6.97. The van der Waals surface area contributed by atoms with E-state index >= 15 is 0 Å². The van der Waals surface area contributed by atoms with E-state index in [9.17, 15) is 22.8 Å². The van der Waals surface area contributed by atoms with Crippen LogP contribution in [0.5, 0.6) is 0 Å². The fourth-order valence-corrected chi connectivity index (χ4v) is 5.29. The lowest BCUT2D eigenvalue weighted by molar-refractivity contribution is -0.140. The van der Waals surface area contributed by atoms with Crippen LogP contribution in [-0.4, -0.2) is 28.6 Å². The summed E-state index contributed by atoms with van der Waals surface area (Å²) in [4.78, 5) is 28.6. The number of halogens is 3. The van der Waals surface area contributed by atoms with Gasteiger partial charge in [0.1, 0.15) is 5.69 Å². The van der Waals surface area contributed by atoms with Crippen LogP contribution in [0.25, 0.3) is 10.9 Å². The van der Waals surface area contributed by atoms with Crippen molar-refractivity contribution >= 4 is 39.8 Å². The van der Waals surface area contributed by atoms with Crippen LogP contribution in [0.4, 0.5) is 24.5 Å². The smallest absolute Gasteiger partial charge is 0.381 e. The number of pyridine rings is 1. The fourth-order valence-electron chi connectivity index (χ4n) is 5.29. The van der Waals surface area contributed by atoms with Gasteiger partial charge in [0.05, 0.1) is 17.6 Å². The number of hydrogen-bond acceptors (Lipinski definition) is 5. The topological polar surface area (TPSA) is 101 Å². The van der Waals surface area contributed by atoms with Crippen LogP contribution in [-0.2, 0) is 11.0 Å². The zero-order chi connectivity index (χ0) is 26.3. The molecule has 7 nitrogen and oxygen atoms in total. The molecule has 0 saturated heterocycles. The predicted octanol–water partition coefficient (Wildman–Crippen LogP) is 5.60. The lowest BCUT2D eigenvalue weighted by Crippen LogP contribution is -2.33. The molecule has 3 aromatic rings. The zero-order valence-electron chi connectivity index (χ0n) is 20.2. The minimum atomic E-state index is -4.60. The monoisotopic (exact) mass is 509 g/mol. The summed E-state index contributed by atoms with van der Waals surface area (Å²) in [6.45, 7) is 1.77. The highest BCUT2D eigenvalue weighted by Crippen LogP contribution is 2.40. The van der Waals surface area contributed by atoms with Crippen LogP contribution in [0.3, 0.4) is 0 Å². The lowest BCUT2D eigenvalue weighted by atomic mass is 9.78. The van der Waals surface area contributed by atoms with E-state index < -0.39 is 17.8 Å². The molecule has 1 aliphatic carbocycles. The first-order valence-corrected chi connectivity index (χ1v) is 12.2. The average molecular weight is 510 g/mol. The number of anilines is 2. The van der Waals surface area contributed by atoms with Crippen molar-refractivity contribution in [2.45, 2.75) is 57.2 Å². The summed E-state index contributed by atoms with van der Waals surface area (Å²) in [5.74, 6) is -0.996. The van der Waals surface area contributed by atoms with Crippen molar-refractivity contribution in [2.75, 3.05) is 10.3 Å². The van der Waals surface area contributed by atoms with Gasteiger partial charge >= 0.3 is 6.18 Å². The number of benzene rings is 2. The van der Waals surface area contributed by atoms with Gasteiger partial charge in [0.25, 0.3) is 5.91 Å². The number of primary amides is 1. The molecular formula is C27H26F3N5O2. The SMILES string of the molecule is CC1=NN(c2ccc(C(N)=O)c(C3CCCC[C@@H]3Nc3cc(C(F)(F)F)nc4ccccc34)c2)C(=O)C1. The van der Waals surface area contributed by atoms with Crippen LogP contribution in [0.1, 0.15) is 66.6 Å². The summed E-state index contributed by atoms with van der Waals surface area (Å²) in [7, 11) is 0. The highest BCUT2D eigenvalue weighted by Gasteiger charge is 2.35. The van der Waals surface area contributed by atoms with E-state index in [2.05, 4.69) is 15.4 Å². The van der Waals surface area contributed by atoms with E-state index in [0.717, 1.165) is 18.9 Å². The van der Waals surface area contributed by atoms with Gasteiger partial charge in [-0.25, -0.2) is 9.99 Å². The molecule has 1 aromatic heterocycles. The van der Waals surface area contributed by atoms with Gasteiger partial charge in [0.15, 0.2) is 0 Å². The molecule has 3 N–H and O–H groups in total. The maximum atomic E-state index is 13.6. The van der Waals surface area contributed by atoms with Gasteiger partial charge in [-0.15, -0.1) is 0 Å². The summed E-state index contributed by atoms with van der Waals surface area (Å²) >= 11 is 0. The third kappa shape index (κ3) is 4.87. The van der Waals surface area contributed by atoms with Crippen molar-refractivity contribution in [2.24, 2.45) is 10.8 Å². The minimum Gasteiger partial charge on any atom is -0.381 e. The first-order chi connectivity index (χ1) is 17.6. The number of nitrogens with two attached hydrogens (primary N) is 1. The number of amides is 2. The number of hydrazone groups is 1. The van der Waals surface area contributed by atoms with Crippen molar-refractivity contribution in [3.8, 4) is 0 Å². The van der Waals surface area contributed by atoms with E-state index in [1.807, 2.05) is 0 Å². The van der Waals surface area contributed by atoms with Crippen LogP contribution in [0.15, 0.2) is 53.6 Å². The average Bonchev–Trinajstić information content (AvgIpc) is 3.21. The number of hydrogen-bond donors (Lipinski definition) is 2. The van der Waals surface area contributed by atoms with Gasteiger partial charge in [0, 0.05) is 34.3 Å². The number of aromatic nitrogens is 1. The molecule has 0 spiro atoms. The van der Waals surface area contributed by atoms with Crippen LogP contribution in [0, 0.1) is 0 Å². The van der Waals surface area contributed by atoms with E-state index in [4.69, 9.17) is 5.73 Å². The fraction of sp³-hybridized carbons (Fsp3) is 0.333. The molecule has 2 aromatic carbocycles. The first kappa shape index (κ1) is 24.7. The molecule has 192 valence electrons. The second-order valence-electron chi connectivity index (χ2n) is 9.57. The first-order valence-electron chi connectivity index (χ1n) is 12.2. The number of alkyl halides is 3. The van der Waals surface area contributed by atoms with Gasteiger partial charge in [-0.2, -0.15) is 18.3 Å². The number of nitrogens with zero attached hydrogens (tertiary/aromatic N) is 3. The summed E-state index contributed by atoms with van der Waals surface area (Å²) in [6, 6.07) is 12.5. The number of para-hydroxylation sites is 1. The summed E-state index contributed by atoms with van der Waals surface area (Å²) in [6.07, 6.45) is -1.23. The van der Waals surface area contributed by atoms with Gasteiger partial charge in [-0.05, 0) is 55.7 Å². The van der Waals surface area contributed by atoms with Crippen LogP contribution < -0.4 is 16.1 Å². The van der Waals surface area contributed by atoms with Gasteiger partial charge in [0.2, 0.25) is 5.91 Å². The maximum Gasteiger partial charge on any atom is 0.433 e. The van der Waals surface area contributed by atoms with Gasteiger partial charge in [-0.3, -0.25) is 9.59 Å². The molecule has 5 rings (SSSR count). The maximum absolute atomic E-state index is 13.6. The second-order valence-corrected chi connectivity index (χ2v) is 9.57. The molecule has 1 unspecified atom stereocenters. The van der Waals surface area contributed by atoms with Gasteiger partial charge < -0.3 is 11.1 Å². The van der Waals surface area contributed by atoms with Crippen molar-refractivity contribution in [3.63, 3.8) is 0 Å². The summed E-state index contributed by atoms with van der Waals surface area (Å²) in [5, 5.41) is 9.57. The molecular weight excluding hydrogens is 483 g/mol. The molecule has 2 atom stereocenters. The Kier molecular flexibility index (Phi) is 6.35. The Morgan fingerprint density at radius 2 is 1.86 bits per heavy atom. The molecule has 1 fully saturated rings. The number of fused-ring (bicyclic) bond motifs is 1. The van der Waals surface area contributed by atoms with Crippen molar-refractivity contribution in [1.82, 2.24) is 4.98 Å². The Bertz CT molecular complexity index is 1420.